The molecule has 1 aromatic heterocycles. The predicted molar refractivity (Wildman–Crippen MR) is 69.3 cm³/mol. The molecule has 0 saturated heterocycles. The molecule has 1 atom stereocenters. The third kappa shape index (κ3) is 1.97. The third-order valence-electron chi connectivity index (χ3n) is 3.38. The van der Waals surface area contributed by atoms with Gasteiger partial charge >= 0.3 is 0 Å². The minimum atomic E-state index is -0.269. The number of anilines is 1. The standard InChI is InChI=1S/C14H14N2O3/c1-8-13-12(19-16-8)7-11(14(17)15-13)9-4-3-5-10(6-9)18-2/h3-6,11H,7H2,1-2H3,(H,15,17). The lowest BCUT2D eigenvalue weighted by Crippen LogP contribution is -2.27. The van der Waals surface area contributed by atoms with Gasteiger partial charge in [0.1, 0.15) is 17.1 Å². The summed E-state index contributed by atoms with van der Waals surface area (Å²) in [5.74, 6) is 1.16. The lowest BCUT2D eigenvalue weighted by molar-refractivity contribution is -0.118. The van der Waals surface area contributed by atoms with Gasteiger partial charge in [0, 0.05) is 6.42 Å². The summed E-state index contributed by atoms with van der Waals surface area (Å²) in [5, 5.41) is 6.74. The van der Waals surface area contributed by atoms with Crippen molar-refractivity contribution in [3.63, 3.8) is 0 Å². The quantitative estimate of drug-likeness (QED) is 0.897. The van der Waals surface area contributed by atoms with Crippen LogP contribution in [0.15, 0.2) is 28.8 Å². The molecule has 0 bridgehead atoms. The van der Waals surface area contributed by atoms with Crippen LogP contribution < -0.4 is 10.1 Å². The number of rotatable bonds is 2. The van der Waals surface area contributed by atoms with Crippen LogP contribution >= 0.6 is 0 Å². The summed E-state index contributed by atoms with van der Waals surface area (Å²) in [6.45, 7) is 1.81. The van der Waals surface area contributed by atoms with Gasteiger partial charge in [-0.15, -0.1) is 0 Å². The number of carbonyl (C=O) groups excluding carboxylic acids is 1. The van der Waals surface area contributed by atoms with E-state index in [9.17, 15) is 4.79 Å². The number of nitrogens with one attached hydrogen (secondary N) is 1. The highest BCUT2D eigenvalue weighted by molar-refractivity contribution is 5.99. The van der Waals surface area contributed by atoms with Gasteiger partial charge in [-0.3, -0.25) is 4.79 Å². The Kier molecular flexibility index (Phi) is 2.74. The number of benzene rings is 1. The van der Waals surface area contributed by atoms with E-state index in [1.54, 1.807) is 7.11 Å². The fraction of sp³-hybridized carbons (Fsp3) is 0.286. The number of fused-ring (bicyclic) bond motifs is 1. The van der Waals surface area contributed by atoms with E-state index in [0.29, 0.717) is 17.8 Å². The number of carbonyl (C=O) groups is 1. The molecule has 0 radical (unpaired) electrons. The van der Waals surface area contributed by atoms with Crippen LogP contribution in [-0.4, -0.2) is 18.2 Å². The maximum atomic E-state index is 12.2. The van der Waals surface area contributed by atoms with Crippen LogP contribution in [0.5, 0.6) is 5.75 Å². The second kappa shape index (κ2) is 4.42. The molecule has 0 fully saturated rings. The van der Waals surface area contributed by atoms with Gasteiger partial charge in [0.15, 0.2) is 5.76 Å². The van der Waals surface area contributed by atoms with Crippen molar-refractivity contribution in [1.29, 1.82) is 0 Å². The van der Waals surface area contributed by atoms with Crippen molar-refractivity contribution in [3.8, 4) is 5.75 Å². The van der Waals surface area contributed by atoms with E-state index >= 15 is 0 Å². The molecule has 19 heavy (non-hydrogen) atoms. The minimum Gasteiger partial charge on any atom is -0.497 e. The Morgan fingerprint density at radius 1 is 1.47 bits per heavy atom. The summed E-state index contributed by atoms with van der Waals surface area (Å²) in [5.41, 5.74) is 2.34. The topological polar surface area (TPSA) is 64.4 Å². The van der Waals surface area contributed by atoms with Crippen LogP contribution in [0.4, 0.5) is 5.69 Å². The number of hydrogen-bond donors (Lipinski definition) is 1. The Morgan fingerprint density at radius 3 is 3.11 bits per heavy atom. The van der Waals surface area contributed by atoms with Crippen LogP contribution in [0.25, 0.3) is 0 Å². The molecule has 1 aliphatic heterocycles. The first-order chi connectivity index (χ1) is 9.19. The molecule has 0 aliphatic carbocycles. The van der Waals surface area contributed by atoms with E-state index < -0.39 is 0 Å². The van der Waals surface area contributed by atoms with Crippen LogP contribution in [0.1, 0.15) is 22.9 Å². The van der Waals surface area contributed by atoms with Crippen LogP contribution in [0.2, 0.25) is 0 Å². The van der Waals surface area contributed by atoms with Gasteiger partial charge in [0.05, 0.1) is 13.0 Å². The monoisotopic (exact) mass is 258 g/mol. The Hall–Kier alpha value is -2.30. The molecular weight excluding hydrogens is 244 g/mol. The van der Waals surface area contributed by atoms with Crippen LogP contribution in [-0.2, 0) is 11.2 Å². The molecular formula is C14H14N2O3. The number of amides is 1. The number of methoxy groups -OCH3 is 1. The van der Waals surface area contributed by atoms with Crippen molar-refractivity contribution < 1.29 is 14.1 Å². The highest BCUT2D eigenvalue weighted by atomic mass is 16.5. The molecule has 1 N–H and O–H groups in total. The van der Waals surface area contributed by atoms with E-state index in [1.165, 1.54) is 0 Å². The van der Waals surface area contributed by atoms with E-state index in [1.807, 2.05) is 31.2 Å². The number of ether oxygens (including phenoxy) is 1. The highest BCUT2D eigenvalue weighted by Crippen LogP contribution is 2.34. The largest absolute Gasteiger partial charge is 0.497 e. The number of nitrogens with zero attached hydrogens (tertiary/aromatic N) is 1. The summed E-state index contributed by atoms with van der Waals surface area (Å²) in [7, 11) is 1.61. The zero-order valence-corrected chi connectivity index (χ0v) is 10.8. The van der Waals surface area contributed by atoms with Gasteiger partial charge in [-0.2, -0.15) is 0 Å². The predicted octanol–water partition coefficient (Wildman–Crippen LogP) is 2.27. The molecule has 0 spiro atoms. The molecule has 1 aromatic carbocycles. The number of aromatic nitrogens is 1. The van der Waals surface area contributed by atoms with Crippen molar-refractivity contribution in [2.45, 2.75) is 19.3 Å². The summed E-state index contributed by atoms with van der Waals surface area (Å²) >= 11 is 0. The molecule has 1 unspecified atom stereocenters. The van der Waals surface area contributed by atoms with Crippen molar-refractivity contribution >= 4 is 11.6 Å². The van der Waals surface area contributed by atoms with Gasteiger partial charge in [-0.05, 0) is 24.6 Å². The number of aryl methyl sites for hydroxylation is 1. The summed E-state index contributed by atoms with van der Waals surface area (Å²) in [6.07, 6.45) is 0.523. The van der Waals surface area contributed by atoms with Gasteiger partial charge in [-0.25, -0.2) is 0 Å². The highest BCUT2D eigenvalue weighted by Gasteiger charge is 2.31. The maximum absolute atomic E-state index is 12.2. The Labute approximate surface area is 110 Å². The molecule has 1 amide bonds. The lowest BCUT2D eigenvalue weighted by atomic mass is 9.90. The molecule has 98 valence electrons. The lowest BCUT2D eigenvalue weighted by Gasteiger charge is -2.21. The van der Waals surface area contributed by atoms with Crippen LogP contribution in [0.3, 0.4) is 0 Å². The van der Waals surface area contributed by atoms with Gasteiger partial charge in [0.2, 0.25) is 5.91 Å². The average Bonchev–Trinajstić information content (AvgIpc) is 2.79. The molecule has 5 heteroatoms. The first-order valence-electron chi connectivity index (χ1n) is 6.09. The van der Waals surface area contributed by atoms with Crippen molar-refractivity contribution in [2.75, 3.05) is 12.4 Å². The normalized spacial score (nSPS) is 17.8. The summed E-state index contributed by atoms with van der Waals surface area (Å²) in [6, 6.07) is 7.52. The Morgan fingerprint density at radius 2 is 2.32 bits per heavy atom. The third-order valence-corrected chi connectivity index (χ3v) is 3.38. The van der Waals surface area contributed by atoms with E-state index in [4.69, 9.17) is 9.26 Å². The molecule has 2 heterocycles. The molecule has 1 aliphatic rings. The maximum Gasteiger partial charge on any atom is 0.232 e. The fourth-order valence-electron chi connectivity index (χ4n) is 2.33. The van der Waals surface area contributed by atoms with E-state index in [0.717, 1.165) is 17.1 Å². The Bertz CT molecular complexity index is 633. The van der Waals surface area contributed by atoms with Crippen molar-refractivity contribution in [2.24, 2.45) is 0 Å². The second-order valence-corrected chi connectivity index (χ2v) is 4.59. The first-order valence-corrected chi connectivity index (χ1v) is 6.09. The van der Waals surface area contributed by atoms with Gasteiger partial charge in [0.25, 0.3) is 0 Å². The zero-order chi connectivity index (χ0) is 13.4. The van der Waals surface area contributed by atoms with E-state index in [-0.39, 0.29) is 11.8 Å². The van der Waals surface area contributed by atoms with Gasteiger partial charge in [-0.1, -0.05) is 17.3 Å². The number of hydrogen-bond acceptors (Lipinski definition) is 4. The summed E-state index contributed by atoms with van der Waals surface area (Å²) < 4.78 is 10.4. The molecule has 3 rings (SSSR count). The average molecular weight is 258 g/mol. The smallest absolute Gasteiger partial charge is 0.232 e. The van der Waals surface area contributed by atoms with Crippen molar-refractivity contribution in [3.05, 3.63) is 41.3 Å². The fourth-order valence-corrected chi connectivity index (χ4v) is 2.33. The molecule has 5 nitrogen and oxygen atoms in total. The van der Waals surface area contributed by atoms with E-state index in [2.05, 4.69) is 10.5 Å². The molecule has 2 aromatic rings. The zero-order valence-electron chi connectivity index (χ0n) is 10.8. The Balaban J connectivity index is 1.96. The molecule has 0 saturated carbocycles. The van der Waals surface area contributed by atoms with Gasteiger partial charge < -0.3 is 14.6 Å². The van der Waals surface area contributed by atoms with Crippen molar-refractivity contribution in [1.82, 2.24) is 5.16 Å². The minimum absolute atomic E-state index is 0.0351. The second-order valence-electron chi connectivity index (χ2n) is 4.59. The van der Waals surface area contributed by atoms with Crippen LogP contribution in [0, 0.1) is 6.92 Å². The SMILES string of the molecule is COc1cccc(C2Cc3onc(C)c3NC2=O)c1. The summed E-state index contributed by atoms with van der Waals surface area (Å²) in [4.78, 5) is 12.2. The first kappa shape index (κ1) is 11.8.